The third kappa shape index (κ3) is 5.19. The molecule has 4 nitrogen and oxygen atoms in total. The molecule has 2 N–H and O–H groups in total. The monoisotopic (exact) mass is 364 g/mol. The molecule has 1 aliphatic rings. The van der Waals surface area contributed by atoms with Crippen LogP contribution in [0.2, 0.25) is 0 Å². The molecule has 0 bridgehead atoms. The standard InChI is InChI=1S/C23H28N2O2/c1-2-3-7-17-12-14-19(15-13-17)23(27)24-16-22(26)25-21-11-6-9-18-8-4-5-10-20(18)21/h4-5,8,10,12-15,21H,2-3,6-7,9,11,16H2,1H3,(H,24,27)(H,25,26)/t21-/m0/s1. The summed E-state index contributed by atoms with van der Waals surface area (Å²) < 4.78 is 0. The minimum atomic E-state index is -0.212. The van der Waals surface area contributed by atoms with E-state index in [-0.39, 0.29) is 24.4 Å². The van der Waals surface area contributed by atoms with Crippen molar-refractivity contribution in [3.63, 3.8) is 0 Å². The average molecular weight is 364 g/mol. The van der Waals surface area contributed by atoms with Crippen LogP contribution < -0.4 is 10.6 Å². The largest absolute Gasteiger partial charge is 0.348 e. The second kappa shape index (κ2) is 9.36. The quantitative estimate of drug-likeness (QED) is 0.781. The predicted octanol–water partition coefficient (Wildman–Crippen LogP) is 3.95. The minimum Gasteiger partial charge on any atom is -0.348 e. The van der Waals surface area contributed by atoms with Crippen LogP contribution in [0.25, 0.3) is 0 Å². The van der Waals surface area contributed by atoms with Gasteiger partial charge in [0.25, 0.3) is 5.91 Å². The van der Waals surface area contributed by atoms with Gasteiger partial charge < -0.3 is 10.6 Å². The van der Waals surface area contributed by atoms with Gasteiger partial charge in [0, 0.05) is 5.56 Å². The van der Waals surface area contributed by atoms with Gasteiger partial charge in [0.05, 0.1) is 12.6 Å². The van der Waals surface area contributed by atoms with E-state index in [9.17, 15) is 9.59 Å². The van der Waals surface area contributed by atoms with Gasteiger partial charge in [-0.2, -0.15) is 0 Å². The molecule has 2 aromatic rings. The van der Waals surface area contributed by atoms with Crippen molar-refractivity contribution in [2.75, 3.05) is 6.54 Å². The van der Waals surface area contributed by atoms with E-state index in [1.165, 1.54) is 16.7 Å². The fourth-order valence-corrected chi connectivity index (χ4v) is 3.62. The summed E-state index contributed by atoms with van der Waals surface area (Å²) in [7, 11) is 0. The maximum atomic E-state index is 12.3. The lowest BCUT2D eigenvalue weighted by Gasteiger charge is -2.26. The third-order valence-corrected chi connectivity index (χ3v) is 5.15. The summed E-state index contributed by atoms with van der Waals surface area (Å²) in [6.07, 6.45) is 6.41. The van der Waals surface area contributed by atoms with Crippen LogP contribution in [0.3, 0.4) is 0 Å². The van der Waals surface area contributed by atoms with Crippen molar-refractivity contribution in [3.8, 4) is 0 Å². The van der Waals surface area contributed by atoms with Gasteiger partial charge in [-0.3, -0.25) is 9.59 Å². The van der Waals surface area contributed by atoms with Gasteiger partial charge in [-0.05, 0) is 60.9 Å². The topological polar surface area (TPSA) is 58.2 Å². The molecular weight excluding hydrogens is 336 g/mol. The Bertz CT molecular complexity index is 783. The van der Waals surface area contributed by atoms with Gasteiger partial charge in [0.15, 0.2) is 0 Å². The van der Waals surface area contributed by atoms with Crippen LogP contribution >= 0.6 is 0 Å². The SMILES string of the molecule is CCCCc1ccc(C(=O)NCC(=O)N[C@H]2CCCc3ccccc32)cc1. The van der Waals surface area contributed by atoms with Crippen LogP contribution in [0.15, 0.2) is 48.5 Å². The second-order valence-corrected chi connectivity index (χ2v) is 7.19. The molecule has 2 amide bonds. The number of amides is 2. The minimum absolute atomic E-state index is 0.00487. The Hall–Kier alpha value is -2.62. The Morgan fingerprint density at radius 2 is 1.85 bits per heavy atom. The van der Waals surface area contributed by atoms with Crippen molar-refractivity contribution in [3.05, 3.63) is 70.8 Å². The van der Waals surface area contributed by atoms with Crippen molar-refractivity contribution in [2.24, 2.45) is 0 Å². The molecule has 4 heteroatoms. The zero-order chi connectivity index (χ0) is 19.1. The first-order valence-corrected chi connectivity index (χ1v) is 9.91. The maximum Gasteiger partial charge on any atom is 0.251 e. The number of carbonyl (C=O) groups excluding carboxylic acids is 2. The summed E-state index contributed by atoms with van der Waals surface area (Å²) in [5, 5.41) is 5.78. The van der Waals surface area contributed by atoms with Crippen LogP contribution in [0.4, 0.5) is 0 Å². The van der Waals surface area contributed by atoms with Gasteiger partial charge in [-0.15, -0.1) is 0 Å². The van der Waals surface area contributed by atoms with E-state index in [2.05, 4.69) is 29.7 Å². The Labute approximate surface area is 161 Å². The van der Waals surface area contributed by atoms with Gasteiger partial charge in [0.1, 0.15) is 0 Å². The van der Waals surface area contributed by atoms with Crippen molar-refractivity contribution in [2.45, 2.75) is 51.5 Å². The molecule has 0 aliphatic heterocycles. The number of nitrogens with one attached hydrogen (secondary N) is 2. The molecule has 0 unspecified atom stereocenters. The molecule has 0 aromatic heterocycles. The molecule has 0 radical (unpaired) electrons. The average Bonchev–Trinajstić information content (AvgIpc) is 2.71. The van der Waals surface area contributed by atoms with Gasteiger partial charge in [0.2, 0.25) is 5.91 Å². The number of rotatable bonds is 7. The molecule has 1 atom stereocenters. The highest BCUT2D eigenvalue weighted by molar-refractivity contribution is 5.96. The van der Waals surface area contributed by atoms with Crippen molar-refractivity contribution in [1.82, 2.24) is 10.6 Å². The number of benzene rings is 2. The fraction of sp³-hybridized carbons (Fsp3) is 0.391. The van der Waals surface area contributed by atoms with E-state index in [0.717, 1.165) is 38.5 Å². The molecule has 0 saturated heterocycles. The lowest BCUT2D eigenvalue weighted by atomic mass is 9.88. The van der Waals surface area contributed by atoms with E-state index in [1.807, 2.05) is 36.4 Å². The van der Waals surface area contributed by atoms with E-state index in [1.54, 1.807) is 0 Å². The zero-order valence-corrected chi connectivity index (χ0v) is 16.0. The molecular formula is C23H28N2O2. The highest BCUT2D eigenvalue weighted by Gasteiger charge is 2.21. The van der Waals surface area contributed by atoms with Crippen LogP contribution in [0.1, 0.15) is 65.7 Å². The fourth-order valence-electron chi connectivity index (χ4n) is 3.62. The Balaban J connectivity index is 1.50. The Morgan fingerprint density at radius 3 is 2.63 bits per heavy atom. The van der Waals surface area contributed by atoms with E-state index >= 15 is 0 Å². The van der Waals surface area contributed by atoms with Crippen molar-refractivity contribution < 1.29 is 9.59 Å². The van der Waals surface area contributed by atoms with Crippen LogP contribution in [0, 0.1) is 0 Å². The summed E-state index contributed by atoms with van der Waals surface area (Å²) in [5.74, 6) is -0.360. The summed E-state index contributed by atoms with van der Waals surface area (Å²) >= 11 is 0. The zero-order valence-electron chi connectivity index (χ0n) is 16.0. The number of unbranched alkanes of at least 4 members (excludes halogenated alkanes) is 1. The van der Waals surface area contributed by atoms with Crippen LogP contribution in [0.5, 0.6) is 0 Å². The van der Waals surface area contributed by atoms with E-state index in [4.69, 9.17) is 0 Å². The highest BCUT2D eigenvalue weighted by atomic mass is 16.2. The van der Waals surface area contributed by atoms with E-state index in [0.29, 0.717) is 5.56 Å². The van der Waals surface area contributed by atoms with Crippen LogP contribution in [-0.4, -0.2) is 18.4 Å². The molecule has 27 heavy (non-hydrogen) atoms. The second-order valence-electron chi connectivity index (χ2n) is 7.19. The first-order chi connectivity index (χ1) is 13.2. The summed E-state index contributed by atoms with van der Waals surface area (Å²) in [5.41, 5.74) is 4.33. The number of fused-ring (bicyclic) bond motifs is 1. The first kappa shape index (κ1) is 19.2. The normalized spacial score (nSPS) is 15.7. The lowest BCUT2D eigenvalue weighted by molar-refractivity contribution is -0.121. The molecule has 2 aromatic carbocycles. The van der Waals surface area contributed by atoms with Crippen molar-refractivity contribution >= 4 is 11.8 Å². The predicted molar refractivity (Wildman–Crippen MR) is 108 cm³/mol. The van der Waals surface area contributed by atoms with Gasteiger partial charge in [-0.25, -0.2) is 0 Å². The molecule has 0 fully saturated rings. The molecule has 0 saturated carbocycles. The first-order valence-electron chi connectivity index (χ1n) is 9.91. The number of aryl methyl sites for hydroxylation is 2. The maximum absolute atomic E-state index is 12.3. The number of hydrogen-bond donors (Lipinski definition) is 2. The third-order valence-electron chi connectivity index (χ3n) is 5.15. The Morgan fingerprint density at radius 1 is 1.07 bits per heavy atom. The summed E-state index contributed by atoms with van der Waals surface area (Å²) in [4.78, 5) is 24.6. The lowest BCUT2D eigenvalue weighted by Crippen LogP contribution is -2.39. The Kier molecular flexibility index (Phi) is 6.64. The smallest absolute Gasteiger partial charge is 0.251 e. The molecule has 0 spiro atoms. The molecule has 142 valence electrons. The molecule has 0 heterocycles. The van der Waals surface area contributed by atoms with Gasteiger partial charge in [-0.1, -0.05) is 49.7 Å². The summed E-state index contributed by atoms with van der Waals surface area (Å²) in [6.45, 7) is 2.16. The van der Waals surface area contributed by atoms with Crippen molar-refractivity contribution in [1.29, 1.82) is 0 Å². The number of hydrogen-bond acceptors (Lipinski definition) is 2. The summed E-state index contributed by atoms with van der Waals surface area (Å²) in [6, 6.07) is 15.9. The molecule has 1 aliphatic carbocycles. The van der Waals surface area contributed by atoms with E-state index < -0.39 is 0 Å². The van der Waals surface area contributed by atoms with Gasteiger partial charge >= 0.3 is 0 Å². The molecule has 3 rings (SSSR count). The number of carbonyl (C=O) groups is 2. The highest BCUT2D eigenvalue weighted by Crippen LogP contribution is 2.29. The van der Waals surface area contributed by atoms with Crippen LogP contribution in [-0.2, 0) is 17.6 Å².